The Bertz CT molecular complexity index is 900. The molecule has 0 saturated heterocycles. The molecular formula is C22H21FN2O2. The molecule has 0 bridgehead atoms. The summed E-state index contributed by atoms with van der Waals surface area (Å²) in [5, 5.41) is 2.95. The molecule has 0 aliphatic rings. The summed E-state index contributed by atoms with van der Waals surface area (Å²) in [7, 11) is 0. The van der Waals surface area contributed by atoms with Crippen LogP contribution in [0.3, 0.4) is 0 Å². The lowest BCUT2D eigenvalue weighted by atomic mass is 9.95. The molecule has 0 aliphatic carbocycles. The van der Waals surface area contributed by atoms with Crippen molar-refractivity contribution in [2.75, 3.05) is 0 Å². The second-order valence-corrected chi connectivity index (χ2v) is 6.12. The van der Waals surface area contributed by atoms with E-state index in [1.165, 1.54) is 12.1 Å². The van der Waals surface area contributed by atoms with E-state index in [9.17, 15) is 9.18 Å². The number of ether oxygens (including phenoxy) is 1. The van der Waals surface area contributed by atoms with Gasteiger partial charge in [0.1, 0.15) is 11.6 Å². The zero-order valence-corrected chi connectivity index (χ0v) is 15.1. The van der Waals surface area contributed by atoms with E-state index in [2.05, 4.69) is 10.3 Å². The predicted octanol–water partition coefficient (Wildman–Crippen LogP) is 4.82. The zero-order valence-electron chi connectivity index (χ0n) is 15.1. The van der Waals surface area contributed by atoms with E-state index in [0.29, 0.717) is 18.1 Å². The Morgan fingerprint density at radius 1 is 1.11 bits per heavy atom. The fourth-order valence-corrected chi connectivity index (χ4v) is 2.86. The highest BCUT2D eigenvalue weighted by atomic mass is 19.1. The van der Waals surface area contributed by atoms with Crippen LogP contribution in [-0.2, 0) is 11.3 Å². The second-order valence-electron chi connectivity index (χ2n) is 6.12. The Morgan fingerprint density at radius 3 is 2.67 bits per heavy atom. The molecule has 0 saturated carbocycles. The van der Waals surface area contributed by atoms with E-state index < -0.39 is 0 Å². The summed E-state index contributed by atoms with van der Waals surface area (Å²) < 4.78 is 19.0. The highest BCUT2D eigenvalue weighted by molar-refractivity contribution is 5.83. The number of rotatable bonds is 7. The van der Waals surface area contributed by atoms with Crippen LogP contribution in [0, 0.1) is 5.82 Å². The van der Waals surface area contributed by atoms with Gasteiger partial charge in [0.15, 0.2) is 0 Å². The maximum absolute atomic E-state index is 13.4. The predicted molar refractivity (Wildman–Crippen MR) is 102 cm³/mol. The molecule has 3 aromatic rings. The highest BCUT2D eigenvalue weighted by Gasteiger charge is 2.18. The molecule has 4 nitrogen and oxygen atoms in total. The molecule has 3 rings (SSSR count). The monoisotopic (exact) mass is 364 g/mol. The molecule has 1 heterocycles. The minimum Gasteiger partial charge on any atom is -0.439 e. The van der Waals surface area contributed by atoms with Gasteiger partial charge < -0.3 is 10.1 Å². The third-order valence-electron chi connectivity index (χ3n) is 4.24. The van der Waals surface area contributed by atoms with Crippen LogP contribution in [0.1, 0.15) is 30.4 Å². The molecule has 2 aromatic carbocycles. The topological polar surface area (TPSA) is 51.2 Å². The minimum absolute atomic E-state index is 0.0516. The van der Waals surface area contributed by atoms with Gasteiger partial charge in [0.2, 0.25) is 11.8 Å². The number of hydrogen-bond donors (Lipinski definition) is 1. The van der Waals surface area contributed by atoms with E-state index in [1.807, 2.05) is 43.3 Å². The van der Waals surface area contributed by atoms with Gasteiger partial charge in [0.05, 0.1) is 5.92 Å². The molecule has 0 aliphatic heterocycles. The summed E-state index contributed by atoms with van der Waals surface area (Å²) >= 11 is 0. The van der Waals surface area contributed by atoms with Gasteiger partial charge in [0, 0.05) is 24.4 Å². The lowest BCUT2D eigenvalue weighted by Gasteiger charge is -2.16. The molecule has 27 heavy (non-hydrogen) atoms. The number of hydrogen-bond acceptors (Lipinski definition) is 3. The number of halogens is 1. The number of carbonyl (C=O) groups excluding carboxylic acids is 1. The van der Waals surface area contributed by atoms with Gasteiger partial charge in [-0.15, -0.1) is 0 Å². The van der Waals surface area contributed by atoms with Gasteiger partial charge in [-0.05, 0) is 30.2 Å². The molecule has 0 fully saturated rings. The van der Waals surface area contributed by atoms with E-state index in [1.54, 1.807) is 24.4 Å². The van der Waals surface area contributed by atoms with E-state index >= 15 is 0 Å². The fourth-order valence-electron chi connectivity index (χ4n) is 2.86. The van der Waals surface area contributed by atoms with Crippen LogP contribution in [0.2, 0.25) is 0 Å². The van der Waals surface area contributed by atoms with Crippen LogP contribution in [0.4, 0.5) is 4.39 Å². The van der Waals surface area contributed by atoms with Crippen molar-refractivity contribution in [2.24, 2.45) is 0 Å². The zero-order chi connectivity index (χ0) is 19.1. The number of benzene rings is 2. The maximum atomic E-state index is 13.4. The van der Waals surface area contributed by atoms with E-state index in [0.717, 1.165) is 11.1 Å². The van der Waals surface area contributed by atoms with Crippen molar-refractivity contribution < 1.29 is 13.9 Å². The van der Waals surface area contributed by atoms with Crippen molar-refractivity contribution >= 4 is 5.91 Å². The molecule has 0 unspecified atom stereocenters. The summed E-state index contributed by atoms with van der Waals surface area (Å²) in [5.41, 5.74) is 1.71. The van der Waals surface area contributed by atoms with Gasteiger partial charge in [-0.2, -0.15) is 0 Å². The average molecular weight is 364 g/mol. The molecule has 1 atom stereocenters. The van der Waals surface area contributed by atoms with E-state index in [4.69, 9.17) is 4.74 Å². The Balaban J connectivity index is 1.70. The molecule has 0 radical (unpaired) electrons. The smallest absolute Gasteiger partial charge is 0.227 e. The fraction of sp³-hybridized carbons (Fsp3) is 0.182. The van der Waals surface area contributed by atoms with Crippen LogP contribution >= 0.6 is 0 Å². The first-order valence-corrected chi connectivity index (χ1v) is 8.87. The van der Waals surface area contributed by atoms with Gasteiger partial charge in [-0.25, -0.2) is 9.37 Å². The van der Waals surface area contributed by atoms with Crippen molar-refractivity contribution in [1.29, 1.82) is 0 Å². The Morgan fingerprint density at radius 2 is 1.93 bits per heavy atom. The number of amides is 1. The van der Waals surface area contributed by atoms with Crippen LogP contribution < -0.4 is 10.1 Å². The van der Waals surface area contributed by atoms with Crippen LogP contribution in [0.5, 0.6) is 11.6 Å². The Kier molecular flexibility index (Phi) is 6.15. The highest BCUT2D eigenvalue weighted by Crippen LogP contribution is 2.24. The van der Waals surface area contributed by atoms with Gasteiger partial charge in [0.25, 0.3) is 0 Å². The molecule has 0 spiro atoms. The van der Waals surface area contributed by atoms with Crippen molar-refractivity contribution in [2.45, 2.75) is 25.8 Å². The quantitative estimate of drug-likeness (QED) is 0.654. The Hall–Kier alpha value is -3.21. The van der Waals surface area contributed by atoms with Crippen molar-refractivity contribution in [3.63, 3.8) is 0 Å². The molecule has 1 N–H and O–H groups in total. The first-order chi connectivity index (χ1) is 13.2. The summed E-state index contributed by atoms with van der Waals surface area (Å²) in [6.07, 6.45) is 2.30. The average Bonchev–Trinajstić information content (AvgIpc) is 2.69. The van der Waals surface area contributed by atoms with Gasteiger partial charge in [-0.1, -0.05) is 49.4 Å². The van der Waals surface area contributed by atoms with Crippen molar-refractivity contribution in [3.8, 4) is 11.6 Å². The third-order valence-corrected chi connectivity index (χ3v) is 4.24. The number of nitrogens with zero attached hydrogens (tertiary/aromatic N) is 1. The minimum atomic E-state index is -0.382. The second kappa shape index (κ2) is 8.94. The first-order valence-electron chi connectivity index (χ1n) is 8.87. The van der Waals surface area contributed by atoms with Crippen LogP contribution in [0.15, 0.2) is 72.9 Å². The lowest BCUT2D eigenvalue weighted by Crippen LogP contribution is -2.28. The van der Waals surface area contributed by atoms with Gasteiger partial charge >= 0.3 is 0 Å². The van der Waals surface area contributed by atoms with Gasteiger partial charge in [-0.3, -0.25) is 4.79 Å². The summed E-state index contributed by atoms with van der Waals surface area (Å²) in [6, 6.07) is 19.2. The lowest BCUT2D eigenvalue weighted by molar-refractivity contribution is -0.122. The summed E-state index contributed by atoms with van der Waals surface area (Å²) in [4.78, 5) is 16.8. The maximum Gasteiger partial charge on any atom is 0.227 e. The standard InChI is InChI=1S/C22H21FN2O2/c1-2-20(16-8-4-3-5-9-16)21(26)25-15-17-10-7-13-24-22(17)27-19-12-6-11-18(23)14-19/h3-14,20H,2,15H2,1H3,(H,25,26)/t20-/m0/s1. The molecule has 1 amide bonds. The van der Waals surface area contributed by atoms with Crippen molar-refractivity contribution in [3.05, 3.63) is 89.9 Å². The SMILES string of the molecule is CC[C@H](C(=O)NCc1cccnc1Oc1cccc(F)c1)c1ccccc1. The normalized spacial score (nSPS) is 11.6. The summed E-state index contributed by atoms with van der Waals surface area (Å²) in [5.74, 6) is 0.0554. The van der Waals surface area contributed by atoms with Crippen LogP contribution in [0.25, 0.3) is 0 Å². The number of carbonyl (C=O) groups is 1. The van der Waals surface area contributed by atoms with Crippen LogP contribution in [-0.4, -0.2) is 10.9 Å². The van der Waals surface area contributed by atoms with E-state index in [-0.39, 0.29) is 24.2 Å². The number of aromatic nitrogens is 1. The largest absolute Gasteiger partial charge is 0.439 e. The Labute approximate surface area is 158 Å². The first kappa shape index (κ1) is 18.6. The summed E-state index contributed by atoms with van der Waals surface area (Å²) in [6.45, 7) is 2.26. The molecule has 5 heteroatoms. The molecular weight excluding hydrogens is 343 g/mol. The number of nitrogens with one attached hydrogen (secondary N) is 1. The molecule has 1 aromatic heterocycles. The van der Waals surface area contributed by atoms with Crippen molar-refractivity contribution in [1.82, 2.24) is 10.3 Å². The molecule has 138 valence electrons. The third kappa shape index (κ3) is 4.91. The number of pyridine rings is 1.